The molecule has 1 aromatic rings. The summed E-state index contributed by atoms with van der Waals surface area (Å²) < 4.78 is 4.95. The van der Waals surface area contributed by atoms with Gasteiger partial charge in [0.1, 0.15) is 0 Å². The Kier molecular flexibility index (Phi) is 5.13. The van der Waals surface area contributed by atoms with Crippen molar-refractivity contribution in [1.29, 1.82) is 0 Å². The van der Waals surface area contributed by atoms with Gasteiger partial charge in [-0.15, -0.1) is 0 Å². The number of nitrogens with one attached hydrogen (secondary N) is 3. The Bertz CT molecular complexity index is 595. The van der Waals surface area contributed by atoms with Gasteiger partial charge in [0.25, 0.3) is 0 Å². The number of ether oxygens (including phenoxy) is 1. The lowest BCUT2D eigenvalue weighted by Crippen LogP contribution is -2.62. The third-order valence-corrected chi connectivity index (χ3v) is 3.93. The van der Waals surface area contributed by atoms with Crippen LogP contribution in [0, 0.1) is 0 Å². The van der Waals surface area contributed by atoms with Gasteiger partial charge < -0.3 is 20.7 Å². The monoisotopic (exact) mass is 334 g/mol. The summed E-state index contributed by atoms with van der Waals surface area (Å²) in [6.45, 7) is 8.37. The van der Waals surface area contributed by atoms with E-state index in [2.05, 4.69) is 48.6 Å². The maximum atomic E-state index is 12.2. The fourth-order valence-electron chi connectivity index (χ4n) is 3.44. The van der Waals surface area contributed by atoms with Crippen LogP contribution in [-0.4, -0.2) is 41.0 Å². The molecule has 2 rings (SSSR count). The number of carbonyl (C=O) groups is 2. The molecule has 7 heteroatoms. The maximum Gasteiger partial charge on any atom is 0.313 e. The molecule has 0 radical (unpaired) electrons. The van der Waals surface area contributed by atoms with E-state index in [1.165, 1.54) is 13.3 Å². The molecule has 0 aliphatic carbocycles. The Hall–Kier alpha value is -2.15. The lowest BCUT2D eigenvalue weighted by Gasteiger charge is -2.46. The summed E-state index contributed by atoms with van der Waals surface area (Å²) in [7, 11) is 1.51. The molecule has 0 aromatic carbocycles. The maximum absolute atomic E-state index is 12.2. The Balaban J connectivity index is 1.94. The van der Waals surface area contributed by atoms with Crippen molar-refractivity contribution in [3.63, 3.8) is 0 Å². The van der Waals surface area contributed by atoms with Gasteiger partial charge in [-0.3, -0.25) is 9.59 Å². The smallest absolute Gasteiger partial charge is 0.313 e. The first-order valence-electron chi connectivity index (χ1n) is 8.01. The molecule has 2 heterocycles. The van der Waals surface area contributed by atoms with Gasteiger partial charge in [-0.2, -0.15) is 0 Å². The van der Waals surface area contributed by atoms with Gasteiger partial charge in [0.15, 0.2) is 0 Å². The van der Waals surface area contributed by atoms with Crippen LogP contribution in [0.1, 0.15) is 40.5 Å². The number of methoxy groups -OCH3 is 1. The first-order valence-corrected chi connectivity index (χ1v) is 8.01. The fourth-order valence-corrected chi connectivity index (χ4v) is 3.44. The minimum atomic E-state index is -0.698. The van der Waals surface area contributed by atoms with Gasteiger partial charge in [0.05, 0.1) is 19.0 Å². The molecule has 0 atom stereocenters. The van der Waals surface area contributed by atoms with Crippen LogP contribution in [0.5, 0.6) is 5.88 Å². The predicted molar refractivity (Wildman–Crippen MR) is 91.9 cm³/mol. The molecule has 2 amide bonds. The first-order chi connectivity index (χ1) is 11.1. The molecule has 132 valence electrons. The minimum absolute atomic E-state index is 0.0523. The molecule has 3 N–H and O–H groups in total. The van der Waals surface area contributed by atoms with Gasteiger partial charge in [0, 0.05) is 23.2 Å². The van der Waals surface area contributed by atoms with E-state index in [1.54, 1.807) is 12.1 Å². The normalized spacial score (nSPS) is 19.4. The molecular formula is C17H26N4O3. The van der Waals surface area contributed by atoms with Crippen LogP contribution < -0.4 is 20.7 Å². The fraction of sp³-hybridized carbons (Fsp3) is 0.588. The van der Waals surface area contributed by atoms with Gasteiger partial charge in [-0.25, -0.2) is 4.98 Å². The quantitative estimate of drug-likeness (QED) is 0.728. The van der Waals surface area contributed by atoms with Crippen LogP contribution in [0.3, 0.4) is 0 Å². The number of pyridine rings is 1. The van der Waals surface area contributed by atoms with E-state index in [4.69, 9.17) is 4.74 Å². The summed E-state index contributed by atoms with van der Waals surface area (Å²) in [6.07, 6.45) is 2.97. The molecular weight excluding hydrogens is 308 g/mol. The number of hydrogen-bond acceptors (Lipinski definition) is 5. The SMILES string of the molecule is COc1ccc(NC(=O)C(=O)NC2CC(C)(C)NC(C)(C)C2)cn1. The van der Waals surface area contributed by atoms with Crippen molar-refractivity contribution in [2.45, 2.75) is 57.7 Å². The Morgan fingerprint density at radius 3 is 2.29 bits per heavy atom. The molecule has 1 aromatic heterocycles. The second kappa shape index (κ2) is 6.76. The van der Waals surface area contributed by atoms with Gasteiger partial charge in [-0.1, -0.05) is 0 Å². The van der Waals surface area contributed by atoms with Crippen molar-refractivity contribution in [2.24, 2.45) is 0 Å². The number of carbonyl (C=O) groups excluding carboxylic acids is 2. The van der Waals surface area contributed by atoms with Crippen molar-refractivity contribution in [2.75, 3.05) is 12.4 Å². The zero-order valence-corrected chi connectivity index (χ0v) is 14.9. The Labute approximate surface area is 142 Å². The number of aromatic nitrogens is 1. The summed E-state index contributed by atoms with van der Waals surface area (Å²) in [6, 6.07) is 3.20. The Morgan fingerprint density at radius 2 is 1.79 bits per heavy atom. The Morgan fingerprint density at radius 1 is 1.17 bits per heavy atom. The summed E-state index contributed by atoms with van der Waals surface area (Å²) in [5, 5.41) is 8.92. The average molecular weight is 334 g/mol. The van der Waals surface area contributed by atoms with E-state index in [0.717, 1.165) is 12.8 Å². The van der Waals surface area contributed by atoms with Crippen LogP contribution >= 0.6 is 0 Å². The van der Waals surface area contributed by atoms with E-state index in [0.29, 0.717) is 11.6 Å². The molecule has 0 saturated carbocycles. The van der Waals surface area contributed by atoms with Crippen LogP contribution in [0.15, 0.2) is 18.3 Å². The third-order valence-electron chi connectivity index (χ3n) is 3.93. The van der Waals surface area contributed by atoms with Crippen molar-refractivity contribution in [3.05, 3.63) is 18.3 Å². The number of rotatable bonds is 3. The molecule has 1 saturated heterocycles. The van der Waals surface area contributed by atoms with Crippen LogP contribution in [0.4, 0.5) is 5.69 Å². The number of nitrogens with zero attached hydrogens (tertiary/aromatic N) is 1. The van der Waals surface area contributed by atoms with Crippen molar-refractivity contribution >= 4 is 17.5 Å². The summed E-state index contributed by atoms with van der Waals surface area (Å²) in [5.41, 5.74) is 0.244. The molecule has 1 aliphatic rings. The third kappa shape index (κ3) is 4.92. The minimum Gasteiger partial charge on any atom is -0.481 e. The van der Waals surface area contributed by atoms with Crippen LogP contribution in [0.2, 0.25) is 0 Å². The lowest BCUT2D eigenvalue weighted by atomic mass is 9.79. The number of piperidine rings is 1. The highest BCUT2D eigenvalue weighted by Crippen LogP contribution is 2.28. The van der Waals surface area contributed by atoms with E-state index < -0.39 is 11.8 Å². The molecule has 0 bridgehead atoms. The van der Waals surface area contributed by atoms with Crippen LogP contribution in [-0.2, 0) is 9.59 Å². The van der Waals surface area contributed by atoms with Gasteiger partial charge in [0.2, 0.25) is 5.88 Å². The predicted octanol–water partition coefficient (Wildman–Crippen LogP) is 1.45. The zero-order valence-electron chi connectivity index (χ0n) is 14.9. The standard InChI is InChI=1S/C17H26N4O3/c1-16(2)8-12(9-17(3,4)21-16)20-15(23)14(22)19-11-6-7-13(24-5)18-10-11/h6-7,10,12,21H,8-9H2,1-5H3,(H,19,22)(H,20,23). The summed E-state index contributed by atoms with van der Waals surface area (Å²) in [5.74, 6) is -0.892. The molecule has 7 nitrogen and oxygen atoms in total. The van der Waals surface area contributed by atoms with E-state index >= 15 is 0 Å². The average Bonchev–Trinajstić information content (AvgIpc) is 2.44. The molecule has 0 spiro atoms. The highest BCUT2D eigenvalue weighted by molar-refractivity contribution is 6.39. The lowest BCUT2D eigenvalue weighted by molar-refractivity contribution is -0.137. The number of amides is 2. The summed E-state index contributed by atoms with van der Waals surface area (Å²) >= 11 is 0. The van der Waals surface area contributed by atoms with Crippen LogP contribution in [0.25, 0.3) is 0 Å². The first kappa shape index (κ1) is 18.2. The largest absolute Gasteiger partial charge is 0.481 e. The van der Waals surface area contributed by atoms with Crippen molar-refractivity contribution < 1.29 is 14.3 Å². The number of hydrogen-bond donors (Lipinski definition) is 3. The molecule has 1 fully saturated rings. The molecule has 24 heavy (non-hydrogen) atoms. The number of anilines is 1. The van der Waals surface area contributed by atoms with Crippen molar-refractivity contribution in [1.82, 2.24) is 15.6 Å². The van der Waals surface area contributed by atoms with E-state index in [1.807, 2.05) is 0 Å². The summed E-state index contributed by atoms with van der Waals surface area (Å²) in [4.78, 5) is 28.2. The van der Waals surface area contributed by atoms with Crippen molar-refractivity contribution in [3.8, 4) is 5.88 Å². The second-order valence-corrected chi connectivity index (χ2v) is 7.51. The van der Waals surface area contributed by atoms with Gasteiger partial charge in [-0.05, 0) is 46.6 Å². The van der Waals surface area contributed by atoms with E-state index in [9.17, 15) is 9.59 Å². The highest BCUT2D eigenvalue weighted by Gasteiger charge is 2.38. The topological polar surface area (TPSA) is 92.3 Å². The highest BCUT2D eigenvalue weighted by atomic mass is 16.5. The second-order valence-electron chi connectivity index (χ2n) is 7.51. The molecule has 0 unspecified atom stereocenters. The van der Waals surface area contributed by atoms with E-state index in [-0.39, 0.29) is 17.1 Å². The van der Waals surface area contributed by atoms with Gasteiger partial charge >= 0.3 is 11.8 Å². The zero-order chi connectivity index (χ0) is 18.0. The molecule has 1 aliphatic heterocycles.